The van der Waals surface area contributed by atoms with Crippen LogP contribution in [0.1, 0.15) is 215 Å². The normalized spacial score (nSPS) is 20.7. The quantitative estimate of drug-likeness (QED) is 0.0128. The molecule has 0 aliphatic carbocycles. The number of nitrogens with zero attached hydrogens (tertiary/aromatic N) is 8. The van der Waals surface area contributed by atoms with Crippen LogP contribution < -0.4 is 42.5 Å². The van der Waals surface area contributed by atoms with E-state index in [1.165, 1.54) is 62.5 Å². The van der Waals surface area contributed by atoms with Crippen LogP contribution in [0.4, 0.5) is 52.5 Å². The van der Waals surface area contributed by atoms with Crippen LogP contribution in [0.25, 0.3) is 22.1 Å². The Labute approximate surface area is 778 Å². The van der Waals surface area contributed by atoms with Crippen LogP contribution >= 0.6 is 0 Å². The number of carbonyl (C=O) groups is 10. The van der Waals surface area contributed by atoms with E-state index in [0.717, 1.165) is 58.6 Å². The Balaban J connectivity index is 0.000000227. The molecule has 0 spiro atoms. The summed E-state index contributed by atoms with van der Waals surface area (Å²) < 4.78 is 100. The van der Waals surface area contributed by atoms with E-state index in [1.807, 2.05) is 96.7 Å². The molecule has 6 fully saturated rings. The highest BCUT2D eigenvalue weighted by molar-refractivity contribution is 7.91. The number of alkyl carbamates (subject to hydrolysis) is 2. The molecule has 0 unspecified atom stereocenters. The largest absolute Gasteiger partial charge is 0.469 e. The molecule has 6 aliphatic rings. The van der Waals surface area contributed by atoms with Crippen molar-refractivity contribution in [2.45, 2.75) is 215 Å². The number of nitrogen functional groups attached to an aromatic ring is 2. The molecule has 8 amide bonds. The molecule has 0 bridgehead atoms. The number of sulfone groups is 2. The predicted molar refractivity (Wildman–Crippen MR) is 500 cm³/mol. The molecule has 134 heavy (non-hydrogen) atoms. The summed E-state index contributed by atoms with van der Waals surface area (Å²) in [6.45, 7) is 16.6. The highest BCUT2D eigenvalue weighted by atomic mass is 32.2. The molecule has 6 aromatic carbocycles. The second-order valence-corrected chi connectivity index (χ2v) is 41.0. The maximum Gasteiger partial charge on any atom is 0.407 e. The lowest BCUT2D eigenvalue weighted by Gasteiger charge is -2.34. The molecule has 38 heteroatoms. The van der Waals surface area contributed by atoms with Gasteiger partial charge in [0.2, 0.25) is 35.4 Å². The Hall–Kier alpha value is -12.5. The van der Waals surface area contributed by atoms with Gasteiger partial charge in [-0.15, -0.1) is 0 Å². The minimum atomic E-state index is -3.88. The van der Waals surface area contributed by atoms with Crippen molar-refractivity contribution in [2.75, 3.05) is 99.0 Å². The van der Waals surface area contributed by atoms with Crippen molar-refractivity contribution in [2.24, 2.45) is 35.5 Å². The van der Waals surface area contributed by atoms with Crippen molar-refractivity contribution in [1.82, 2.24) is 50.2 Å². The van der Waals surface area contributed by atoms with Crippen LogP contribution in [0.3, 0.4) is 0 Å². The number of aromatic amines is 2. The topological polar surface area (TPSA) is 453 Å². The van der Waals surface area contributed by atoms with Crippen LogP contribution in [0.15, 0.2) is 119 Å². The standard InChI is InChI=1S/C49H64FN7O10S.C47H58FN9O8S/c1-27(2)32(25-44(58)66-5)48(62)55-20-8-10-41(55)46(60)53-37-15-12-29(22-35(37)51)39-17-18-40(57(39)31-14-19-43(34(50)24-31)68(7,64)65)30-13-16-38(36(52)23-30)54-47(61)42-11-9-21-56(42)49(63)33(28(3)4)26-45(59)67-6;1-25(2)40(53-46(60)64-5)44(58)55-20-8-10-37(55)42-49-31-15-12-27(22-33(31)51-42)35-17-18-36(57(35)29-14-19-39(30(48)24-29)66(7,62)63)28-13-16-32-34(23-28)52-43(50-32)38-11-9-21-56(38)45(59)41(26(3)4)54-47(61)65-6/h12-16,19,22-24,27-28,32-33,39-42H,8-11,17-18,20-21,25-26,51-52H2,1-7H3,(H,53,60)(H,54,61);12-16,19,22-26,35-38,40-41H,8-11,17-18,20-21H2,1-7H3,(H,49,51)(H,50,52)(H,53,60)(H,54,61)/t32-,33-,39+,40+,41-,42-;35-,36-,37+,38+,40+,41+/m01/s1. The number of esters is 2. The number of nitrogens with one attached hydrogen (secondary N) is 6. The van der Waals surface area contributed by atoms with Crippen LogP contribution in [-0.2, 0) is 77.0 Å². The molecule has 0 saturated carbocycles. The summed E-state index contributed by atoms with van der Waals surface area (Å²) in [5.74, 6) is -5.28. The zero-order valence-corrected chi connectivity index (χ0v) is 79.6. The van der Waals surface area contributed by atoms with Crippen LogP contribution in [0.2, 0.25) is 0 Å². The Bertz CT molecular complexity index is 5750. The first kappa shape index (κ1) is 99.0. The number of carbonyl (C=O) groups excluding carboxylic acids is 10. The molecule has 8 heterocycles. The summed E-state index contributed by atoms with van der Waals surface area (Å²) in [4.78, 5) is 158. The second kappa shape index (κ2) is 41.6. The highest BCUT2D eigenvalue weighted by Crippen LogP contribution is 2.51. The molecule has 14 rings (SSSR count). The van der Waals surface area contributed by atoms with Gasteiger partial charge >= 0.3 is 24.1 Å². The first-order valence-electron chi connectivity index (χ1n) is 45.6. The number of methoxy groups -OCH3 is 4. The van der Waals surface area contributed by atoms with Crippen molar-refractivity contribution in [3.63, 3.8) is 0 Å². The molecule has 2 aromatic heterocycles. The lowest BCUT2D eigenvalue weighted by molar-refractivity contribution is -0.149. The van der Waals surface area contributed by atoms with Crippen LogP contribution in [0.5, 0.6) is 0 Å². The fraction of sp³-hybridized carbons (Fsp3) is 0.500. The number of imidazole rings is 2. The van der Waals surface area contributed by atoms with E-state index < -0.39 is 120 Å². The molecule has 8 aromatic rings. The number of fused-ring (bicyclic) bond motifs is 2. The van der Waals surface area contributed by atoms with Crippen molar-refractivity contribution in [1.29, 1.82) is 0 Å². The van der Waals surface area contributed by atoms with E-state index in [9.17, 15) is 64.8 Å². The van der Waals surface area contributed by atoms with Gasteiger partial charge in [0.15, 0.2) is 19.7 Å². The third-order valence-electron chi connectivity index (χ3n) is 26.9. The number of amides is 8. The van der Waals surface area contributed by atoms with E-state index in [4.69, 9.17) is 40.4 Å². The van der Waals surface area contributed by atoms with E-state index >= 15 is 8.78 Å². The molecule has 6 aliphatic heterocycles. The number of aromatic nitrogens is 4. The third kappa shape index (κ3) is 21.5. The number of hydrogen-bond acceptors (Lipinski definition) is 24. The number of rotatable bonds is 28. The van der Waals surface area contributed by atoms with E-state index in [-0.39, 0.29) is 101 Å². The van der Waals surface area contributed by atoms with E-state index in [2.05, 4.69) is 36.1 Å². The molecule has 720 valence electrons. The van der Waals surface area contributed by atoms with Gasteiger partial charge in [0.25, 0.3) is 0 Å². The maximum absolute atomic E-state index is 15.8. The number of halogens is 2. The average Bonchev–Trinajstić information content (AvgIpc) is 1.60. The Kier molecular flexibility index (Phi) is 30.7. The summed E-state index contributed by atoms with van der Waals surface area (Å²) in [7, 11) is -2.64. The van der Waals surface area contributed by atoms with E-state index in [0.29, 0.717) is 136 Å². The van der Waals surface area contributed by atoms with Gasteiger partial charge in [-0.1, -0.05) is 79.7 Å². The van der Waals surface area contributed by atoms with Gasteiger partial charge < -0.3 is 91.0 Å². The summed E-state index contributed by atoms with van der Waals surface area (Å²) in [6.07, 6.45) is 7.86. The lowest BCUT2D eigenvalue weighted by Crippen LogP contribution is -2.51. The molecule has 12 atom stereocenters. The van der Waals surface area contributed by atoms with Gasteiger partial charge in [0, 0.05) is 50.1 Å². The Morgan fingerprint density at radius 2 is 0.754 bits per heavy atom. The monoisotopic (exact) mass is 1890 g/mol. The van der Waals surface area contributed by atoms with Crippen molar-refractivity contribution in [3.05, 3.63) is 155 Å². The lowest BCUT2D eigenvalue weighted by atomic mass is 9.90. The number of anilines is 6. The molecular formula is C96H122F2N16O18S2. The van der Waals surface area contributed by atoms with Gasteiger partial charge in [-0.05, 0) is 208 Å². The summed E-state index contributed by atoms with van der Waals surface area (Å²) in [5, 5.41) is 11.2. The Morgan fingerprint density at radius 1 is 0.418 bits per heavy atom. The number of likely N-dealkylation sites (tertiary alicyclic amines) is 4. The second-order valence-electron chi connectivity index (χ2n) is 37.0. The zero-order valence-electron chi connectivity index (χ0n) is 78.0. The molecule has 34 nitrogen and oxygen atoms in total. The number of H-pyrrole nitrogens is 2. The van der Waals surface area contributed by atoms with Crippen LogP contribution in [0, 0.1) is 47.1 Å². The van der Waals surface area contributed by atoms with E-state index in [1.54, 1.807) is 58.3 Å². The van der Waals surface area contributed by atoms with Gasteiger partial charge in [0.1, 0.15) is 57.2 Å². The highest BCUT2D eigenvalue weighted by Gasteiger charge is 2.46. The van der Waals surface area contributed by atoms with Crippen LogP contribution in [-0.4, -0.2) is 207 Å². The molecule has 6 saturated heterocycles. The van der Waals surface area contributed by atoms with Gasteiger partial charge in [-0.3, -0.25) is 38.4 Å². The SMILES string of the molecule is COC(=O)C[C@H](C(=O)N1CCC[C@H]1C(=O)Nc1ccc([C@H]2CC[C@H](c3ccc(NC(=O)[C@@H]4CCCN4C(=O)[C@@H](CC(=O)OC)C(C)C)c(N)c3)N2c2ccc(S(C)(=O)=O)c(F)c2)cc1N)C(C)C.COC(=O)N[C@H](C(=O)N1CCC[C@H]1c1nc2ccc([C@H]3CC[C@H](c4ccc5nc([C@@H]6CCCN6C(=O)[C@@H](NC(=O)OC)C(C)C)[nH]c5c4)N3c3ccc(S(C)(=O)=O)c(F)c3)cc2[nH]1)C(C)C. The number of nitrogens with two attached hydrogens (primary N) is 2. The predicted octanol–water partition coefficient (Wildman–Crippen LogP) is 13.2. The van der Waals surface area contributed by atoms with Gasteiger partial charge in [0.05, 0.1) is 134 Å². The smallest absolute Gasteiger partial charge is 0.407 e. The third-order valence-corrected chi connectivity index (χ3v) is 29.1. The van der Waals surface area contributed by atoms with Gasteiger partial charge in [-0.25, -0.2) is 45.2 Å². The zero-order chi connectivity index (χ0) is 97.0. The summed E-state index contributed by atoms with van der Waals surface area (Å²) in [6, 6.07) is 25.5. The fourth-order valence-corrected chi connectivity index (χ4v) is 21.2. The van der Waals surface area contributed by atoms with Crippen molar-refractivity contribution < 1.29 is 92.5 Å². The molecule has 0 radical (unpaired) electrons. The summed E-state index contributed by atoms with van der Waals surface area (Å²) >= 11 is 0. The molecule has 10 N–H and O–H groups in total. The number of benzene rings is 6. The number of ether oxygens (including phenoxy) is 4. The van der Waals surface area contributed by atoms with Crippen molar-refractivity contribution >= 4 is 135 Å². The summed E-state index contributed by atoms with van der Waals surface area (Å²) in [5.41, 5.74) is 21.6. The maximum atomic E-state index is 15.8. The Morgan fingerprint density at radius 3 is 1.07 bits per heavy atom. The average molecular weight is 1890 g/mol. The minimum absolute atomic E-state index is 0.0953. The van der Waals surface area contributed by atoms with Gasteiger partial charge in [-0.2, -0.15) is 0 Å². The minimum Gasteiger partial charge on any atom is -0.469 e. The number of hydrogen-bond donors (Lipinski definition) is 8. The fourth-order valence-electron chi connectivity index (χ4n) is 19.8. The van der Waals surface area contributed by atoms with Crippen molar-refractivity contribution in [3.8, 4) is 0 Å². The molecular weight excluding hydrogens is 1770 g/mol. The first-order chi connectivity index (χ1) is 63.6. The first-order valence-corrected chi connectivity index (χ1v) is 49.4.